The van der Waals surface area contributed by atoms with Crippen LogP contribution in [0.4, 0.5) is 5.69 Å². The van der Waals surface area contributed by atoms with E-state index in [4.69, 9.17) is 27.9 Å². The van der Waals surface area contributed by atoms with Gasteiger partial charge in [-0.2, -0.15) is 4.68 Å². The zero-order valence-electron chi connectivity index (χ0n) is 18.7. The maximum Gasteiger partial charge on any atom is 0.337 e. The Hall–Kier alpha value is -3.40. The van der Waals surface area contributed by atoms with Gasteiger partial charge in [-0.05, 0) is 70.4 Å². The van der Waals surface area contributed by atoms with Gasteiger partial charge < -0.3 is 10.1 Å². The molecular formula is C24H19Cl2N5O3S. The number of aromatic nitrogens is 4. The number of halogens is 2. The number of nitrogens with zero attached hydrogens (tertiary/aromatic N) is 4. The fourth-order valence-corrected chi connectivity index (χ4v) is 4.46. The average molecular weight is 528 g/mol. The smallest absolute Gasteiger partial charge is 0.337 e. The fourth-order valence-electron chi connectivity index (χ4n) is 3.23. The lowest BCUT2D eigenvalue weighted by Crippen LogP contribution is -2.15. The Bertz CT molecular complexity index is 1390. The topological polar surface area (TPSA) is 99.0 Å². The minimum Gasteiger partial charge on any atom is -0.465 e. The van der Waals surface area contributed by atoms with E-state index >= 15 is 0 Å². The summed E-state index contributed by atoms with van der Waals surface area (Å²) in [6, 6.07) is 17.8. The number of rotatable bonds is 7. The van der Waals surface area contributed by atoms with Crippen molar-refractivity contribution < 1.29 is 14.3 Å². The van der Waals surface area contributed by atoms with Gasteiger partial charge in [0.2, 0.25) is 11.1 Å². The van der Waals surface area contributed by atoms with Gasteiger partial charge in [0.25, 0.3) is 0 Å². The first-order valence-corrected chi connectivity index (χ1v) is 12.1. The van der Waals surface area contributed by atoms with E-state index in [1.807, 2.05) is 31.2 Å². The monoisotopic (exact) mass is 527 g/mol. The van der Waals surface area contributed by atoms with Crippen LogP contribution in [-0.4, -0.2) is 44.9 Å². The van der Waals surface area contributed by atoms with Crippen LogP contribution in [0.1, 0.15) is 15.9 Å². The Morgan fingerprint density at radius 3 is 2.43 bits per heavy atom. The minimum atomic E-state index is -0.401. The molecule has 0 aliphatic heterocycles. The summed E-state index contributed by atoms with van der Waals surface area (Å²) in [4.78, 5) is 24.2. The van der Waals surface area contributed by atoms with Crippen LogP contribution in [0, 0.1) is 6.92 Å². The molecule has 0 spiro atoms. The van der Waals surface area contributed by atoms with Crippen LogP contribution in [0.5, 0.6) is 0 Å². The zero-order chi connectivity index (χ0) is 24.9. The van der Waals surface area contributed by atoms with Gasteiger partial charge >= 0.3 is 5.97 Å². The number of carbonyl (C=O) groups is 2. The van der Waals surface area contributed by atoms with Crippen LogP contribution in [0.15, 0.2) is 65.8 Å². The summed E-state index contributed by atoms with van der Waals surface area (Å²) in [5.41, 5.74) is 4.29. The van der Waals surface area contributed by atoms with Crippen LogP contribution in [0.25, 0.3) is 16.8 Å². The highest BCUT2D eigenvalue weighted by molar-refractivity contribution is 7.99. The Morgan fingerprint density at radius 1 is 1.00 bits per heavy atom. The normalized spacial score (nSPS) is 10.7. The van der Waals surface area contributed by atoms with Crippen molar-refractivity contribution in [1.82, 2.24) is 20.2 Å². The maximum atomic E-state index is 12.6. The van der Waals surface area contributed by atoms with E-state index in [0.29, 0.717) is 32.1 Å². The molecule has 0 bridgehead atoms. The number of carbonyl (C=O) groups excluding carboxylic acids is 2. The molecule has 0 saturated heterocycles. The van der Waals surface area contributed by atoms with Crippen molar-refractivity contribution in [3.8, 4) is 16.8 Å². The highest BCUT2D eigenvalue weighted by Gasteiger charge is 2.15. The Labute approximate surface area is 215 Å². The highest BCUT2D eigenvalue weighted by atomic mass is 35.5. The molecule has 1 amide bonds. The van der Waals surface area contributed by atoms with Crippen molar-refractivity contribution in [2.45, 2.75) is 12.1 Å². The number of thioether (sulfide) groups is 1. The number of hydrogen-bond donors (Lipinski definition) is 1. The standard InChI is InChI=1S/C24H19Cl2N5O3S/c1-14-3-10-21(19(26)11-14)31-24(28-29-30-31)35-13-22(32)27-20-9-8-17(12-18(20)25)15-4-6-16(7-5-15)23(33)34-2/h3-12H,13H2,1-2H3,(H,27,32). The first-order valence-electron chi connectivity index (χ1n) is 10.3. The van der Waals surface area contributed by atoms with Crippen LogP contribution in [0.2, 0.25) is 10.0 Å². The van der Waals surface area contributed by atoms with E-state index in [9.17, 15) is 9.59 Å². The summed E-state index contributed by atoms with van der Waals surface area (Å²) in [6.45, 7) is 1.94. The molecule has 8 nitrogen and oxygen atoms in total. The molecule has 178 valence electrons. The third-order valence-electron chi connectivity index (χ3n) is 4.99. The molecule has 0 atom stereocenters. The van der Waals surface area contributed by atoms with E-state index in [-0.39, 0.29) is 11.7 Å². The second-order valence-electron chi connectivity index (χ2n) is 7.43. The van der Waals surface area contributed by atoms with Crippen molar-refractivity contribution in [2.24, 2.45) is 0 Å². The minimum absolute atomic E-state index is 0.0664. The number of anilines is 1. The van der Waals surface area contributed by atoms with Crippen LogP contribution < -0.4 is 5.32 Å². The largest absolute Gasteiger partial charge is 0.465 e. The second-order valence-corrected chi connectivity index (χ2v) is 9.19. The molecule has 1 N–H and O–H groups in total. The Morgan fingerprint density at radius 2 is 1.74 bits per heavy atom. The highest BCUT2D eigenvalue weighted by Crippen LogP contribution is 2.30. The number of tetrazole rings is 1. The zero-order valence-corrected chi connectivity index (χ0v) is 21.0. The Kier molecular flexibility index (Phi) is 7.70. The number of esters is 1. The third-order valence-corrected chi connectivity index (χ3v) is 6.52. The SMILES string of the molecule is COC(=O)c1ccc(-c2ccc(NC(=O)CSc3nnnn3-c3ccc(C)cc3Cl)c(Cl)c2)cc1. The van der Waals surface area contributed by atoms with Crippen LogP contribution in [0.3, 0.4) is 0 Å². The number of hydrogen-bond acceptors (Lipinski definition) is 7. The first-order chi connectivity index (χ1) is 16.9. The molecular weight excluding hydrogens is 509 g/mol. The summed E-state index contributed by atoms with van der Waals surface area (Å²) >= 11 is 13.9. The predicted molar refractivity (Wildman–Crippen MR) is 136 cm³/mol. The van der Waals surface area contributed by atoms with Gasteiger partial charge in [0.1, 0.15) is 0 Å². The molecule has 0 aliphatic carbocycles. The van der Waals surface area contributed by atoms with Gasteiger partial charge in [0.15, 0.2) is 0 Å². The lowest BCUT2D eigenvalue weighted by Gasteiger charge is -2.10. The predicted octanol–water partition coefficient (Wildman–Crippen LogP) is 5.46. The number of ether oxygens (including phenoxy) is 1. The van der Waals surface area contributed by atoms with Gasteiger partial charge in [-0.15, -0.1) is 5.10 Å². The van der Waals surface area contributed by atoms with Crippen LogP contribution in [-0.2, 0) is 9.53 Å². The molecule has 0 saturated carbocycles. The average Bonchev–Trinajstić information content (AvgIpc) is 3.32. The summed E-state index contributed by atoms with van der Waals surface area (Å²) in [5, 5.41) is 15.8. The molecule has 35 heavy (non-hydrogen) atoms. The summed E-state index contributed by atoms with van der Waals surface area (Å²) < 4.78 is 6.21. The van der Waals surface area contributed by atoms with Gasteiger partial charge in [-0.25, -0.2) is 4.79 Å². The lowest BCUT2D eigenvalue weighted by molar-refractivity contribution is -0.113. The quantitative estimate of drug-likeness (QED) is 0.251. The summed E-state index contributed by atoms with van der Waals surface area (Å²) in [6.07, 6.45) is 0. The van der Waals surface area contributed by atoms with Crippen molar-refractivity contribution in [2.75, 3.05) is 18.2 Å². The number of nitrogens with one attached hydrogen (secondary N) is 1. The number of methoxy groups -OCH3 is 1. The van der Waals surface area contributed by atoms with E-state index in [0.717, 1.165) is 16.7 Å². The third kappa shape index (κ3) is 5.82. The molecule has 1 aromatic heterocycles. The molecule has 0 fully saturated rings. The van der Waals surface area contributed by atoms with Crippen molar-refractivity contribution in [1.29, 1.82) is 0 Å². The van der Waals surface area contributed by atoms with Gasteiger partial charge in [0, 0.05) is 0 Å². The number of aryl methyl sites for hydroxylation is 1. The van der Waals surface area contributed by atoms with E-state index in [2.05, 4.69) is 20.8 Å². The summed E-state index contributed by atoms with van der Waals surface area (Å²) in [7, 11) is 1.34. The van der Waals surface area contributed by atoms with E-state index < -0.39 is 5.97 Å². The van der Waals surface area contributed by atoms with Crippen molar-refractivity contribution in [3.63, 3.8) is 0 Å². The molecule has 4 aromatic rings. The second kappa shape index (κ2) is 10.9. The van der Waals surface area contributed by atoms with Gasteiger partial charge in [0.05, 0.1) is 39.8 Å². The molecule has 0 radical (unpaired) electrons. The maximum absolute atomic E-state index is 12.6. The molecule has 0 aliphatic rings. The molecule has 11 heteroatoms. The van der Waals surface area contributed by atoms with E-state index in [1.165, 1.54) is 23.6 Å². The Balaban J connectivity index is 1.41. The number of benzene rings is 3. The lowest BCUT2D eigenvalue weighted by atomic mass is 10.0. The summed E-state index contributed by atoms with van der Waals surface area (Å²) in [5.74, 6) is -0.602. The molecule has 3 aromatic carbocycles. The molecule has 1 heterocycles. The van der Waals surface area contributed by atoms with Crippen molar-refractivity contribution >= 4 is 52.5 Å². The molecule has 4 rings (SSSR count). The number of amides is 1. The van der Waals surface area contributed by atoms with E-state index in [1.54, 1.807) is 36.4 Å². The van der Waals surface area contributed by atoms with Gasteiger partial charge in [-0.3, -0.25) is 4.79 Å². The fraction of sp³-hybridized carbons (Fsp3) is 0.125. The first kappa shape index (κ1) is 24.7. The van der Waals surface area contributed by atoms with Crippen molar-refractivity contribution in [3.05, 3.63) is 81.8 Å². The molecule has 0 unspecified atom stereocenters. The van der Waals surface area contributed by atoms with Gasteiger partial charge in [-0.1, -0.05) is 59.2 Å². The van der Waals surface area contributed by atoms with Crippen LogP contribution >= 0.6 is 35.0 Å².